The van der Waals surface area contributed by atoms with E-state index in [1.54, 1.807) is 0 Å². The van der Waals surface area contributed by atoms with E-state index in [-0.39, 0.29) is 5.92 Å². The third-order valence-corrected chi connectivity index (χ3v) is 6.06. The number of thioether (sulfide) groups is 1. The molecule has 2 N–H and O–H groups in total. The Morgan fingerprint density at radius 1 is 0.963 bits per heavy atom. The standard InChI is InChI=1S/C23H21N3S/c1-15-14-16(12-13-19(15)26(2)17-8-4-3-5-9-17)22(24)21-18-10-6-7-11-20(18)27-23(21)25/h3-14,21,24-25H,1-2H3. The van der Waals surface area contributed by atoms with Crippen LogP contribution in [0.1, 0.15) is 22.6 Å². The Labute approximate surface area is 164 Å². The number of para-hydroxylation sites is 1. The van der Waals surface area contributed by atoms with Gasteiger partial charge >= 0.3 is 0 Å². The van der Waals surface area contributed by atoms with Crippen molar-refractivity contribution in [2.24, 2.45) is 0 Å². The van der Waals surface area contributed by atoms with E-state index in [1.165, 1.54) is 11.8 Å². The van der Waals surface area contributed by atoms with E-state index in [1.807, 2.05) is 48.5 Å². The zero-order valence-electron chi connectivity index (χ0n) is 15.4. The molecule has 134 valence electrons. The maximum absolute atomic E-state index is 8.76. The lowest BCUT2D eigenvalue weighted by Gasteiger charge is -2.23. The molecule has 0 aliphatic carbocycles. The number of anilines is 2. The summed E-state index contributed by atoms with van der Waals surface area (Å²) in [7, 11) is 2.06. The van der Waals surface area contributed by atoms with Gasteiger partial charge in [-0.05, 0) is 53.9 Å². The van der Waals surface area contributed by atoms with E-state index < -0.39 is 0 Å². The van der Waals surface area contributed by atoms with Crippen molar-refractivity contribution >= 4 is 33.9 Å². The summed E-state index contributed by atoms with van der Waals surface area (Å²) < 4.78 is 0. The van der Waals surface area contributed by atoms with Gasteiger partial charge in [0.25, 0.3) is 0 Å². The van der Waals surface area contributed by atoms with Gasteiger partial charge in [0.2, 0.25) is 0 Å². The molecular weight excluding hydrogens is 350 g/mol. The van der Waals surface area contributed by atoms with Crippen molar-refractivity contribution in [3.8, 4) is 0 Å². The van der Waals surface area contributed by atoms with Crippen LogP contribution in [0, 0.1) is 17.7 Å². The monoisotopic (exact) mass is 371 g/mol. The number of benzene rings is 3. The smallest absolute Gasteiger partial charge is 0.0824 e. The highest BCUT2D eigenvalue weighted by atomic mass is 32.2. The highest BCUT2D eigenvalue weighted by molar-refractivity contribution is 8.14. The maximum atomic E-state index is 8.76. The summed E-state index contributed by atoms with van der Waals surface area (Å²) in [4.78, 5) is 3.25. The van der Waals surface area contributed by atoms with Gasteiger partial charge in [-0.3, -0.25) is 5.41 Å². The Hall–Kier alpha value is -2.85. The molecule has 0 radical (unpaired) electrons. The topological polar surface area (TPSA) is 50.9 Å². The van der Waals surface area contributed by atoms with Crippen molar-refractivity contribution in [3.63, 3.8) is 0 Å². The summed E-state index contributed by atoms with van der Waals surface area (Å²) >= 11 is 1.47. The second-order valence-electron chi connectivity index (χ2n) is 6.75. The van der Waals surface area contributed by atoms with Crippen LogP contribution in [0.4, 0.5) is 11.4 Å². The minimum Gasteiger partial charge on any atom is -0.344 e. The number of rotatable bonds is 4. The quantitative estimate of drug-likeness (QED) is 0.553. The van der Waals surface area contributed by atoms with E-state index in [0.29, 0.717) is 10.8 Å². The molecule has 0 amide bonds. The fourth-order valence-corrected chi connectivity index (χ4v) is 4.62. The van der Waals surface area contributed by atoms with Crippen molar-refractivity contribution in [3.05, 3.63) is 89.5 Å². The van der Waals surface area contributed by atoms with Crippen LogP contribution in [0.5, 0.6) is 0 Å². The van der Waals surface area contributed by atoms with Crippen LogP contribution in [0.15, 0.2) is 77.7 Å². The molecule has 0 aromatic heterocycles. The van der Waals surface area contributed by atoms with Gasteiger partial charge in [-0.15, -0.1) is 0 Å². The Morgan fingerprint density at radius 2 is 1.67 bits per heavy atom. The Bertz CT molecular complexity index is 1030. The number of nitrogens with zero attached hydrogens (tertiary/aromatic N) is 1. The molecule has 1 atom stereocenters. The molecule has 3 aromatic rings. The van der Waals surface area contributed by atoms with Crippen LogP contribution < -0.4 is 4.90 Å². The van der Waals surface area contributed by atoms with Crippen LogP contribution >= 0.6 is 11.8 Å². The summed E-state index contributed by atoms with van der Waals surface area (Å²) in [6.45, 7) is 2.08. The molecule has 0 spiro atoms. The molecule has 1 unspecified atom stereocenters. The maximum Gasteiger partial charge on any atom is 0.0824 e. The predicted molar refractivity (Wildman–Crippen MR) is 115 cm³/mol. The van der Waals surface area contributed by atoms with Crippen molar-refractivity contribution in [2.45, 2.75) is 17.7 Å². The summed E-state index contributed by atoms with van der Waals surface area (Å²) in [6, 6.07) is 24.4. The van der Waals surface area contributed by atoms with Gasteiger partial charge in [0.1, 0.15) is 0 Å². The summed E-state index contributed by atoms with van der Waals surface area (Å²) in [5, 5.41) is 17.7. The normalized spacial score (nSPS) is 15.5. The first-order valence-electron chi connectivity index (χ1n) is 8.89. The van der Waals surface area contributed by atoms with Crippen LogP contribution in [0.3, 0.4) is 0 Å². The first kappa shape index (κ1) is 17.6. The predicted octanol–water partition coefficient (Wildman–Crippen LogP) is 6.00. The molecule has 0 fully saturated rings. The lowest BCUT2D eigenvalue weighted by atomic mass is 9.90. The van der Waals surface area contributed by atoms with Gasteiger partial charge in [0.15, 0.2) is 0 Å². The number of hydrogen-bond donors (Lipinski definition) is 2. The number of nitrogens with one attached hydrogen (secondary N) is 2. The van der Waals surface area contributed by atoms with Crippen LogP contribution in [-0.4, -0.2) is 17.8 Å². The van der Waals surface area contributed by atoms with Gasteiger partial charge in [-0.2, -0.15) is 0 Å². The summed E-state index contributed by atoms with van der Waals surface area (Å²) in [5.74, 6) is -0.261. The molecule has 3 nitrogen and oxygen atoms in total. The average Bonchev–Trinajstić information content (AvgIpc) is 3.03. The summed E-state index contributed by atoms with van der Waals surface area (Å²) in [5.41, 5.74) is 5.81. The third-order valence-electron chi connectivity index (χ3n) is 5.01. The highest BCUT2D eigenvalue weighted by Crippen LogP contribution is 2.42. The molecule has 1 aliphatic heterocycles. The lowest BCUT2D eigenvalue weighted by Crippen LogP contribution is -2.17. The van der Waals surface area contributed by atoms with E-state index in [2.05, 4.69) is 43.1 Å². The van der Waals surface area contributed by atoms with Crippen LogP contribution in [0.25, 0.3) is 0 Å². The molecule has 4 rings (SSSR count). The largest absolute Gasteiger partial charge is 0.344 e. The molecule has 1 aliphatic rings. The molecule has 4 heteroatoms. The van der Waals surface area contributed by atoms with Gasteiger partial charge in [-0.1, -0.05) is 54.2 Å². The number of hydrogen-bond acceptors (Lipinski definition) is 4. The molecule has 0 saturated carbocycles. The van der Waals surface area contributed by atoms with E-state index in [9.17, 15) is 0 Å². The van der Waals surface area contributed by atoms with E-state index in [0.717, 1.165) is 33.0 Å². The Kier molecular flexibility index (Phi) is 4.58. The number of fused-ring (bicyclic) bond motifs is 1. The fourth-order valence-electron chi connectivity index (χ4n) is 3.57. The number of aryl methyl sites for hydroxylation is 1. The zero-order chi connectivity index (χ0) is 19.0. The SMILES string of the molecule is Cc1cc(C(=N)C2C(=N)Sc3ccccc32)ccc1N(C)c1ccccc1. The molecule has 27 heavy (non-hydrogen) atoms. The van der Waals surface area contributed by atoms with Crippen molar-refractivity contribution < 1.29 is 0 Å². The van der Waals surface area contributed by atoms with Crippen LogP contribution in [-0.2, 0) is 0 Å². The zero-order valence-corrected chi connectivity index (χ0v) is 16.2. The molecule has 0 saturated heterocycles. The molecule has 3 aromatic carbocycles. The fraction of sp³-hybridized carbons (Fsp3) is 0.130. The molecule has 0 bridgehead atoms. The second-order valence-corrected chi connectivity index (χ2v) is 7.83. The minimum atomic E-state index is -0.261. The Morgan fingerprint density at radius 3 is 2.41 bits per heavy atom. The van der Waals surface area contributed by atoms with Gasteiger partial charge in [0.05, 0.1) is 16.7 Å². The van der Waals surface area contributed by atoms with E-state index in [4.69, 9.17) is 10.8 Å². The second kappa shape index (κ2) is 7.05. The van der Waals surface area contributed by atoms with Gasteiger partial charge in [0, 0.05) is 23.3 Å². The van der Waals surface area contributed by atoms with Crippen molar-refractivity contribution in [2.75, 3.05) is 11.9 Å². The minimum absolute atomic E-state index is 0.261. The Balaban J connectivity index is 1.65. The van der Waals surface area contributed by atoms with Gasteiger partial charge < -0.3 is 10.3 Å². The molecular formula is C23H21N3S. The average molecular weight is 372 g/mol. The summed E-state index contributed by atoms with van der Waals surface area (Å²) in [6.07, 6.45) is 0. The molecule has 1 heterocycles. The first-order chi connectivity index (χ1) is 13.1. The lowest BCUT2D eigenvalue weighted by molar-refractivity contribution is 1.13. The van der Waals surface area contributed by atoms with Crippen molar-refractivity contribution in [1.29, 1.82) is 10.8 Å². The third kappa shape index (κ3) is 3.17. The highest BCUT2D eigenvalue weighted by Gasteiger charge is 2.32. The first-order valence-corrected chi connectivity index (χ1v) is 9.71. The van der Waals surface area contributed by atoms with E-state index >= 15 is 0 Å². The van der Waals surface area contributed by atoms with Crippen molar-refractivity contribution in [1.82, 2.24) is 0 Å². The van der Waals surface area contributed by atoms with Crippen LogP contribution in [0.2, 0.25) is 0 Å². The van der Waals surface area contributed by atoms with Gasteiger partial charge in [-0.25, -0.2) is 0 Å².